The molecule has 9 nitrogen and oxygen atoms in total. The maximum Gasteiger partial charge on any atom is 0.310 e. The Morgan fingerprint density at radius 1 is 1.32 bits per heavy atom. The van der Waals surface area contributed by atoms with Crippen LogP contribution in [0.3, 0.4) is 0 Å². The van der Waals surface area contributed by atoms with Gasteiger partial charge in [0.2, 0.25) is 10.0 Å². The minimum Gasteiger partial charge on any atom is -0.469 e. The Hall–Kier alpha value is -0.660. The van der Waals surface area contributed by atoms with Gasteiger partial charge in [-0.2, -0.15) is 0 Å². The lowest BCUT2D eigenvalue weighted by Crippen LogP contribution is -2.44. The van der Waals surface area contributed by atoms with Crippen LogP contribution in [0.1, 0.15) is 26.2 Å². The summed E-state index contributed by atoms with van der Waals surface area (Å²) in [6, 6.07) is 0. The molecule has 0 aromatic heterocycles. The molecule has 164 valence electrons. The zero-order chi connectivity index (χ0) is 19.9. The van der Waals surface area contributed by atoms with Crippen LogP contribution in [0.2, 0.25) is 0 Å². The molecule has 2 heterocycles. The van der Waals surface area contributed by atoms with Crippen molar-refractivity contribution in [3.05, 3.63) is 0 Å². The molecule has 28 heavy (non-hydrogen) atoms. The highest BCUT2D eigenvalue weighted by Crippen LogP contribution is 2.24. The van der Waals surface area contributed by atoms with Crippen LogP contribution >= 0.6 is 24.0 Å². The van der Waals surface area contributed by atoms with Crippen molar-refractivity contribution in [2.45, 2.75) is 32.3 Å². The highest BCUT2D eigenvalue weighted by atomic mass is 127. The van der Waals surface area contributed by atoms with Crippen molar-refractivity contribution < 1.29 is 22.7 Å². The van der Waals surface area contributed by atoms with E-state index in [1.54, 1.807) is 7.05 Å². The summed E-state index contributed by atoms with van der Waals surface area (Å²) >= 11 is 0. The van der Waals surface area contributed by atoms with Gasteiger partial charge in [0.25, 0.3) is 0 Å². The Balaban J connectivity index is 0.00000392. The number of nitrogens with zero attached hydrogens (tertiary/aromatic N) is 2. The molecular formula is C17H33IN4O5S. The summed E-state index contributed by atoms with van der Waals surface area (Å²) in [7, 11) is -0.353. The van der Waals surface area contributed by atoms with Gasteiger partial charge in [-0.15, -0.1) is 24.0 Å². The van der Waals surface area contributed by atoms with E-state index in [2.05, 4.69) is 15.0 Å². The summed E-state index contributed by atoms with van der Waals surface area (Å²) < 4.78 is 37.4. The van der Waals surface area contributed by atoms with E-state index >= 15 is 0 Å². The van der Waals surface area contributed by atoms with E-state index in [9.17, 15) is 13.2 Å². The molecule has 2 fully saturated rings. The summed E-state index contributed by atoms with van der Waals surface area (Å²) in [5.74, 6) is 0.269. The van der Waals surface area contributed by atoms with E-state index in [0.29, 0.717) is 32.2 Å². The van der Waals surface area contributed by atoms with Gasteiger partial charge >= 0.3 is 5.97 Å². The summed E-state index contributed by atoms with van der Waals surface area (Å²) in [6.45, 7) is 4.44. The van der Waals surface area contributed by atoms with E-state index in [0.717, 1.165) is 19.3 Å². The first-order chi connectivity index (χ1) is 12.9. The number of guanidine groups is 1. The second kappa shape index (κ2) is 12.1. The Morgan fingerprint density at radius 2 is 2.07 bits per heavy atom. The number of carbonyl (C=O) groups is 1. The summed E-state index contributed by atoms with van der Waals surface area (Å²) in [6.07, 6.45) is 2.97. The standard InChI is InChI=1S/C17H32N4O5S.HI/c1-13-11-21(12-15(13)16(22)25-3)17(18-2)19-7-9-27(23,24)20-10-14-6-4-5-8-26-14;/h13-15,20H,4-12H2,1-3H3,(H,18,19);1H. The average Bonchev–Trinajstić information content (AvgIpc) is 3.05. The van der Waals surface area contributed by atoms with E-state index in [4.69, 9.17) is 9.47 Å². The number of aliphatic imine (C=N–C) groups is 1. The first kappa shape index (κ1) is 25.4. The molecule has 2 rings (SSSR count). The second-order valence-electron chi connectivity index (χ2n) is 7.14. The molecule has 0 aromatic carbocycles. The maximum absolute atomic E-state index is 12.2. The van der Waals surface area contributed by atoms with Crippen molar-refractivity contribution >= 4 is 45.9 Å². The Kier molecular flexibility index (Phi) is 11.0. The van der Waals surface area contributed by atoms with Gasteiger partial charge in [0.05, 0.1) is 24.9 Å². The van der Waals surface area contributed by atoms with E-state index in [1.807, 2.05) is 11.8 Å². The van der Waals surface area contributed by atoms with Gasteiger partial charge in [-0.3, -0.25) is 9.79 Å². The van der Waals surface area contributed by atoms with Crippen LogP contribution in [0, 0.1) is 11.8 Å². The Morgan fingerprint density at radius 3 is 2.68 bits per heavy atom. The Labute approximate surface area is 185 Å². The lowest BCUT2D eigenvalue weighted by atomic mass is 9.99. The predicted octanol–water partition coefficient (Wildman–Crippen LogP) is 0.409. The normalized spacial score (nSPS) is 25.9. The molecule has 0 bridgehead atoms. The molecule has 2 N–H and O–H groups in total. The van der Waals surface area contributed by atoms with Gasteiger partial charge in [0.15, 0.2) is 5.96 Å². The summed E-state index contributed by atoms with van der Waals surface area (Å²) in [5.41, 5.74) is 0. The van der Waals surface area contributed by atoms with E-state index < -0.39 is 10.0 Å². The highest BCUT2D eigenvalue weighted by molar-refractivity contribution is 14.0. The molecule has 0 radical (unpaired) electrons. The van der Waals surface area contributed by atoms with Crippen molar-refractivity contribution in [1.82, 2.24) is 14.9 Å². The zero-order valence-corrected chi connectivity index (χ0v) is 20.0. The van der Waals surface area contributed by atoms with Gasteiger partial charge in [0, 0.05) is 39.8 Å². The molecular weight excluding hydrogens is 499 g/mol. The van der Waals surface area contributed by atoms with Crippen molar-refractivity contribution in [3.8, 4) is 0 Å². The third-order valence-corrected chi connectivity index (χ3v) is 6.43. The summed E-state index contributed by atoms with van der Waals surface area (Å²) in [5, 5.41) is 3.08. The number of carbonyl (C=O) groups excluding carboxylic acids is 1. The molecule has 0 aromatic rings. The largest absolute Gasteiger partial charge is 0.469 e. The topological polar surface area (TPSA) is 109 Å². The molecule has 3 unspecified atom stereocenters. The predicted molar refractivity (Wildman–Crippen MR) is 118 cm³/mol. The number of esters is 1. The molecule has 2 aliphatic rings. The quantitative estimate of drug-likeness (QED) is 0.212. The first-order valence-electron chi connectivity index (χ1n) is 9.48. The number of nitrogens with one attached hydrogen (secondary N) is 2. The fourth-order valence-electron chi connectivity index (χ4n) is 3.49. The van der Waals surface area contributed by atoms with Gasteiger partial charge in [-0.1, -0.05) is 6.92 Å². The third kappa shape index (κ3) is 7.64. The molecule has 3 atom stereocenters. The molecule has 0 aliphatic carbocycles. The summed E-state index contributed by atoms with van der Waals surface area (Å²) in [4.78, 5) is 18.0. The SMILES string of the molecule is CN=C(NCCS(=O)(=O)NCC1CCCCO1)N1CC(C)C(C(=O)OC)C1.I. The molecule has 0 spiro atoms. The second-order valence-corrected chi connectivity index (χ2v) is 9.07. The smallest absolute Gasteiger partial charge is 0.310 e. The van der Waals surface area contributed by atoms with E-state index in [-0.39, 0.29) is 60.2 Å². The molecule has 2 aliphatic heterocycles. The van der Waals surface area contributed by atoms with Crippen LogP contribution in [0.4, 0.5) is 0 Å². The monoisotopic (exact) mass is 532 g/mol. The molecule has 0 amide bonds. The van der Waals surface area contributed by atoms with Crippen LogP contribution in [0.15, 0.2) is 4.99 Å². The van der Waals surface area contributed by atoms with Gasteiger partial charge < -0.3 is 19.7 Å². The minimum absolute atomic E-state index is 0. The zero-order valence-electron chi connectivity index (χ0n) is 16.8. The number of methoxy groups -OCH3 is 1. The molecule has 2 saturated heterocycles. The fraction of sp³-hybridized carbons (Fsp3) is 0.882. The van der Waals surface area contributed by atoms with Crippen molar-refractivity contribution in [1.29, 1.82) is 0 Å². The van der Waals surface area contributed by atoms with Crippen LogP contribution in [-0.2, 0) is 24.3 Å². The van der Waals surface area contributed by atoms with Gasteiger partial charge in [-0.05, 0) is 25.2 Å². The van der Waals surface area contributed by atoms with Crippen molar-refractivity contribution in [2.24, 2.45) is 16.8 Å². The van der Waals surface area contributed by atoms with Crippen LogP contribution in [0.5, 0.6) is 0 Å². The highest BCUT2D eigenvalue weighted by Gasteiger charge is 2.36. The van der Waals surface area contributed by atoms with Crippen molar-refractivity contribution in [2.75, 3.05) is 52.7 Å². The number of sulfonamides is 1. The molecule has 11 heteroatoms. The first-order valence-corrected chi connectivity index (χ1v) is 11.1. The lowest BCUT2D eigenvalue weighted by molar-refractivity contribution is -0.145. The number of likely N-dealkylation sites (tertiary alicyclic amines) is 1. The maximum atomic E-state index is 12.2. The Bertz CT molecular complexity index is 625. The average molecular weight is 532 g/mol. The van der Waals surface area contributed by atoms with Crippen LogP contribution in [-0.4, -0.2) is 84.0 Å². The number of rotatable bonds is 7. The number of ether oxygens (including phenoxy) is 2. The number of hydrogen-bond donors (Lipinski definition) is 2. The fourth-order valence-corrected chi connectivity index (χ4v) is 4.44. The number of halogens is 1. The van der Waals surface area contributed by atoms with Crippen LogP contribution in [0.25, 0.3) is 0 Å². The van der Waals surface area contributed by atoms with E-state index in [1.165, 1.54) is 7.11 Å². The van der Waals surface area contributed by atoms with Gasteiger partial charge in [-0.25, -0.2) is 13.1 Å². The van der Waals surface area contributed by atoms with Gasteiger partial charge in [0.1, 0.15) is 0 Å². The minimum atomic E-state index is -3.39. The number of hydrogen-bond acceptors (Lipinski definition) is 6. The lowest BCUT2D eigenvalue weighted by Gasteiger charge is -2.23. The molecule has 0 saturated carbocycles. The van der Waals surface area contributed by atoms with Crippen molar-refractivity contribution in [3.63, 3.8) is 0 Å². The third-order valence-electron chi connectivity index (χ3n) is 5.09. The van der Waals surface area contributed by atoms with Crippen LogP contribution < -0.4 is 10.0 Å².